The molecule has 8 heteroatoms. The van der Waals surface area contributed by atoms with Crippen LogP contribution in [0, 0.1) is 0 Å². The first-order valence-corrected chi connectivity index (χ1v) is 11.8. The van der Waals surface area contributed by atoms with Crippen LogP contribution in [-0.2, 0) is 19.4 Å². The highest BCUT2D eigenvalue weighted by Gasteiger charge is 2.22. The molecule has 8 nitrogen and oxygen atoms in total. The summed E-state index contributed by atoms with van der Waals surface area (Å²) in [6.45, 7) is 5.23. The summed E-state index contributed by atoms with van der Waals surface area (Å²) in [4.78, 5) is 9.20. The Bertz CT molecular complexity index is 1550. The van der Waals surface area contributed by atoms with Gasteiger partial charge in [0.05, 0.1) is 13.2 Å². The number of rotatable bonds is 5. The van der Waals surface area contributed by atoms with Gasteiger partial charge < -0.3 is 4.74 Å². The second-order valence-corrected chi connectivity index (χ2v) is 8.66. The average molecular weight is 464 g/mol. The van der Waals surface area contributed by atoms with Crippen molar-refractivity contribution in [1.29, 1.82) is 0 Å². The number of nitrogens with zero attached hydrogens (tertiary/aromatic N) is 6. The first-order chi connectivity index (χ1) is 17.2. The molecule has 0 bridgehead atoms. The maximum absolute atomic E-state index is 5.84. The summed E-state index contributed by atoms with van der Waals surface area (Å²) >= 11 is 0. The molecule has 0 fully saturated rings. The van der Waals surface area contributed by atoms with Crippen LogP contribution >= 0.6 is 0 Å². The average Bonchev–Trinajstić information content (AvgIpc) is 3.50. The normalized spacial score (nSPS) is 14.3. The lowest BCUT2D eigenvalue weighted by Gasteiger charge is -2.16. The summed E-state index contributed by atoms with van der Waals surface area (Å²) in [5, 5.41) is 14.7. The van der Waals surface area contributed by atoms with E-state index in [0.29, 0.717) is 25.0 Å². The molecular weight excluding hydrogens is 438 g/mol. The van der Waals surface area contributed by atoms with Crippen molar-refractivity contribution in [1.82, 2.24) is 35.2 Å². The maximum Gasteiger partial charge on any atom is 0.298 e. The monoisotopic (exact) mass is 463 g/mol. The number of aromatic amines is 1. The number of nitrogens with one attached hydrogen (secondary N) is 1. The van der Waals surface area contributed by atoms with Crippen molar-refractivity contribution in [3.8, 4) is 6.01 Å². The van der Waals surface area contributed by atoms with Crippen LogP contribution < -0.4 is 4.74 Å². The van der Waals surface area contributed by atoms with Crippen LogP contribution in [-0.4, -0.2) is 41.8 Å². The van der Waals surface area contributed by atoms with E-state index in [1.807, 2.05) is 23.6 Å². The smallest absolute Gasteiger partial charge is 0.298 e. The Morgan fingerprint density at radius 2 is 1.89 bits per heavy atom. The molecule has 0 saturated heterocycles. The summed E-state index contributed by atoms with van der Waals surface area (Å²) in [6, 6.07) is 19.8. The van der Waals surface area contributed by atoms with Gasteiger partial charge in [-0.1, -0.05) is 42.5 Å². The molecule has 1 aliphatic rings. The fourth-order valence-electron chi connectivity index (χ4n) is 4.94. The Balaban J connectivity index is 1.47. The van der Waals surface area contributed by atoms with Crippen molar-refractivity contribution in [3.05, 3.63) is 94.4 Å². The molecule has 5 aromatic rings. The molecule has 1 aliphatic carbocycles. The molecular formula is C27H25N7O. The van der Waals surface area contributed by atoms with Gasteiger partial charge in [-0.2, -0.15) is 4.98 Å². The summed E-state index contributed by atoms with van der Waals surface area (Å²) in [5.41, 5.74) is 10.1. The van der Waals surface area contributed by atoms with Gasteiger partial charge in [0.1, 0.15) is 5.52 Å². The number of aryl methyl sites for hydroxylation is 2. The lowest BCUT2D eigenvalue weighted by atomic mass is 9.89. The lowest BCUT2D eigenvalue weighted by Crippen LogP contribution is -2.06. The van der Waals surface area contributed by atoms with Gasteiger partial charge in [-0.15, -0.1) is 5.10 Å². The van der Waals surface area contributed by atoms with Crippen LogP contribution in [0.25, 0.3) is 22.3 Å². The third-order valence-corrected chi connectivity index (χ3v) is 6.55. The summed E-state index contributed by atoms with van der Waals surface area (Å²) in [5.74, 6) is 0.684. The minimum absolute atomic E-state index is 0.551. The van der Waals surface area contributed by atoms with Gasteiger partial charge in [0.15, 0.2) is 11.5 Å². The SMILES string of the molecule is CCOc1nc2cccnc2n1Cc1ccc2c(c1)CCc1ccccc1C2=C(C)c1nnn[nH]1. The minimum Gasteiger partial charge on any atom is -0.465 e. The van der Waals surface area contributed by atoms with Gasteiger partial charge in [0, 0.05) is 11.8 Å². The van der Waals surface area contributed by atoms with Gasteiger partial charge in [0.25, 0.3) is 6.01 Å². The van der Waals surface area contributed by atoms with Crippen LogP contribution in [0.2, 0.25) is 0 Å². The highest BCUT2D eigenvalue weighted by molar-refractivity contribution is 5.98. The van der Waals surface area contributed by atoms with Gasteiger partial charge >= 0.3 is 0 Å². The number of benzene rings is 2. The van der Waals surface area contributed by atoms with E-state index in [2.05, 4.69) is 80.0 Å². The minimum atomic E-state index is 0.551. The molecule has 0 aliphatic heterocycles. The number of hydrogen-bond acceptors (Lipinski definition) is 6. The number of ether oxygens (including phenoxy) is 1. The Labute approximate surface area is 202 Å². The Hall–Kier alpha value is -4.33. The van der Waals surface area contributed by atoms with E-state index in [1.54, 1.807) is 6.20 Å². The van der Waals surface area contributed by atoms with E-state index in [9.17, 15) is 0 Å². The third kappa shape index (κ3) is 3.77. The first-order valence-electron chi connectivity index (χ1n) is 11.8. The molecule has 0 atom stereocenters. The van der Waals surface area contributed by atoms with Gasteiger partial charge in [-0.05, 0) is 82.6 Å². The Morgan fingerprint density at radius 3 is 2.74 bits per heavy atom. The van der Waals surface area contributed by atoms with E-state index < -0.39 is 0 Å². The second-order valence-electron chi connectivity index (χ2n) is 8.66. The van der Waals surface area contributed by atoms with E-state index in [0.717, 1.165) is 29.6 Å². The Kier molecular flexibility index (Phi) is 5.33. The number of hydrogen-bond donors (Lipinski definition) is 1. The molecule has 0 radical (unpaired) electrons. The number of H-pyrrole nitrogens is 1. The van der Waals surface area contributed by atoms with Crippen molar-refractivity contribution in [2.24, 2.45) is 0 Å². The van der Waals surface area contributed by atoms with Crippen molar-refractivity contribution in [2.75, 3.05) is 6.61 Å². The van der Waals surface area contributed by atoms with Crippen molar-refractivity contribution < 1.29 is 4.74 Å². The molecule has 0 spiro atoms. The molecule has 174 valence electrons. The van der Waals surface area contributed by atoms with E-state index in [-0.39, 0.29) is 0 Å². The largest absolute Gasteiger partial charge is 0.465 e. The van der Waals surface area contributed by atoms with Crippen LogP contribution in [0.1, 0.15) is 47.5 Å². The van der Waals surface area contributed by atoms with E-state index >= 15 is 0 Å². The molecule has 2 aromatic carbocycles. The molecule has 3 aromatic heterocycles. The predicted molar refractivity (Wildman–Crippen MR) is 134 cm³/mol. The number of allylic oxidation sites excluding steroid dienone is 1. The highest BCUT2D eigenvalue weighted by Crippen LogP contribution is 2.38. The van der Waals surface area contributed by atoms with Crippen molar-refractivity contribution >= 4 is 22.3 Å². The first kappa shape index (κ1) is 21.2. The highest BCUT2D eigenvalue weighted by atomic mass is 16.5. The number of pyridine rings is 1. The molecule has 0 unspecified atom stereocenters. The molecule has 6 rings (SSSR count). The molecule has 0 saturated carbocycles. The number of imidazole rings is 1. The maximum atomic E-state index is 5.84. The molecule has 1 N–H and O–H groups in total. The van der Waals surface area contributed by atoms with Gasteiger partial charge in [0.2, 0.25) is 0 Å². The fraction of sp³-hybridized carbons (Fsp3) is 0.222. The lowest BCUT2D eigenvalue weighted by molar-refractivity contribution is 0.301. The fourth-order valence-corrected chi connectivity index (χ4v) is 4.94. The van der Waals surface area contributed by atoms with Crippen molar-refractivity contribution in [2.45, 2.75) is 33.2 Å². The zero-order chi connectivity index (χ0) is 23.8. The molecule has 3 heterocycles. The number of aromatic nitrogens is 7. The quantitative estimate of drug-likeness (QED) is 0.413. The predicted octanol–water partition coefficient (Wildman–Crippen LogP) is 4.47. The van der Waals surface area contributed by atoms with Crippen LogP contribution in [0.15, 0.2) is 60.8 Å². The van der Waals surface area contributed by atoms with Gasteiger partial charge in [-0.25, -0.2) is 10.1 Å². The third-order valence-electron chi connectivity index (χ3n) is 6.55. The topological polar surface area (TPSA) is 94.4 Å². The molecule has 0 amide bonds. The molecule has 35 heavy (non-hydrogen) atoms. The van der Waals surface area contributed by atoms with Crippen LogP contribution in [0.5, 0.6) is 6.01 Å². The summed E-state index contributed by atoms with van der Waals surface area (Å²) < 4.78 is 7.89. The summed E-state index contributed by atoms with van der Waals surface area (Å²) in [6.07, 6.45) is 3.72. The van der Waals surface area contributed by atoms with Crippen molar-refractivity contribution in [3.63, 3.8) is 0 Å². The standard InChI is InChI=1S/C27H25N7O/c1-3-35-27-29-23-9-6-14-28-26(23)34(27)16-18-10-13-22-20(15-18)12-11-19-7-4-5-8-21(19)24(22)17(2)25-30-32-33-31-25/h4-10,13-15H,3,11-12,16H2,1-2H3,(H,30,31,32,33). The second kappa shape index (κ2) is 8.79. The zero-order valence-electron chi connectivity index (χ0n) is 19.7. The van der Waals surface area contributed by atoms with Crippen LogP contribution in [0.3, 0.4) is 0 Å². The number of fused-ring (bicyclic) bond motifs is 3. The summed E-state index contributed by atoms with van der Waals surface area (Å²) in [7, 11) is 0. The van der Waals surface area contributed by atoms with Crippen LogP contribution in [0.4, 0.5) is 0 Å². The Morgan fingerprint density at radius 1 is 1.03 bits per heavy atom. The van der Waals surface area contributed by atoms with Gasteiger partial charge in [-0.3, -0.25) is 4.57 Å². The number of tetrazole rings is 1. The zero-order valence-corrected chi connectivity index (χ0v) is 19.7. The van der Waals surface area contributed by atoms with E-state index in [1.165, 1.54) is 33.4 Å². The van der Waals surface area contributed by atoms with E-state index in [4.69, 9.17) is 4.74 Å².